The van der Waals surface area contributed by atoms with Crippen LogP contribution in [0.4, 0.5) is 5.13 Å². The lowest BCUT2D eigenvalue weighted by Gasteiger charge is -1.95. The molecule has 0 unspecified atom stereocenters. The first-order chi connectivity index (χ1) is 8.81. The van der Waals surface area contributed by atoms with Crippen LogP contribution < -0.4 is 5.32 Å². The maximum Gasteiger partial charge on any atom is 0.206 e. The minimum absolute atomic E-state index is 0.398. The molecule has 1 N–H and O–H groups in total. The van der Waals surface area contributed by atoms with E-state index in [1.807, 2.05) is 12.1 Å². The van der Waals surface area contributed by atoms with Crippen molar-refractivity contribution in [3.05, 3.63) is 36.5 Å². The molecule has 0 saturated heterocycles. The van der Waals surface area contributed by atoms with E-state index in [-0.39, 0.29) is 0 Å². The predicted octanol–water partition coefficient (Wildman–Crippen LogP) is 2.55. The summed E-state index contributed by atoms with van der Waals surface area (Å²) in [5.41, 5.74) is 0.398. The Kier molecular flexibility index (Phi) is 4.28. The first-order valence-electron chi connectivity index (χ1n) is 5.05. The molecule has 0 bridgehead atoms. The fourth-order valence-electron chi connectivity index (χ4n) is 1.11. The number of hydrogen-bond donors (Lipinski definition) is 1. The van der Waals surface area contributed by atoms with Crippen LogP contribution >= 0.6 is 23.1 Å². The van der Waals surface area contributed by atoms with Gasteiger partial charge in [0.2, 0.25) is 5.13 Å². The average molecular weight is 275 g/mol. The molecule has 2 aromatic heterocycles. The minimum atomic E-state index is 0.398. The Hall–Kier alpha value is -1.91. The molecule has 90 valence electrons. The Morgan fingerprint density at radius 3 is 3.17 bits per heavy atom. The predicted molar refractivity (Wildman–Crippen MR) is 71.7 cm³/mol. The monoisotopic (exact) mass is 275 g/mol. The maximum absolute atomic E-state index is 8.76. The van der Waals surface area contributed by atoms with E-state index in [4.69, 9.17) is 5.26 Å². The SMILES string of the molecule is C=CCNc1nnc(Sc2cccc(C#N)n2)s1. The van der Waals surface area contributed by atoms with Gasteiger partial charge >= 0.3 is 0 Å². The van der Waals surface area contributed by atoms with Gasteiger partial charge in [-0.1, -0.05) is 23.5 Å². The second kappa shape index (κ2) is 6.14. The number of anilines is 1. The van der Waals surface area contributed by atoms with Crippen molar-refractivity contribution < 1.29 is 0 Å². The van der Waals surface area contributed by atoms with E-state index in [9.17, 15) is 0 Å². The molecule has 7 heteroatoms. The van der Waals surface area contributed by atoms with Crippen LogP contribution in [0.5, 0.6) is 0 Å². The van der Waals surface area contributed by atoms with Crippen molar-refractivity contribution in [1.29, 1.82) is 5.26 Å². The third-order valence-electron chi connectivity index (χ3n) is 1.83. The lowest BCUT2D eigenvalue weighted by Crippen LogP contribution is -1.96. The number of rotatable bonds is 5. The van der Waals surface area contributed by atoms with Crippen LogP contribution in [0.25, 0.3) is 0 Å². The summed E-state index contributed by atoms with van der Waals surface area (Å²) >= 11 is 2.83. The van der Waals surface area contributed by atoms with Crippen LogP contribution in [-0.2, 0) is 0 Å². The summed E-state index contributed by atoms with van der Waals surface area (Å²) in [5.74, 6) is 0. The molecule has 2 rings (SSSR count). The molecule has 0 radical (unpaired) electrons. The van der Waals surface area contributed by atoms with E-state index < -0.39 is 0 Å². The maximum atomic E-state index is 8.76. The van der Waals surface area contributed by atoms with Crippen LogP contribution in [-0.4, -0.2) is 21.7 Å². The second-order valence-electron chi connectivity index (χ2n) is 3.12. The Morgan fingerprint density at radius 2 is 2.39 bits per heavy atom. The fraction of sp³-hybridized carbons (Fsp3) is 0.0909. The summed E-state index contributed by atoms with van der Waals surface area (Å²) in [4.78, 5) is 4.16. The molecule has 0 aromatic carbocycles. The topological polar surface area (TPSA) is 74.5 Å². The van der Waals surface area contributed by atoms with Crippen LogP contribution in [0.1, 0.15) is 5.69 Å². The highest BCUT2D eigenvalue weighted by molar-refractivity contribution is 8.01. The number of pyridine rings is 1. The summed E-state index contributed by atoms with van der Waals surface area (Å²) in [6, 6.07) is 7.31. The van der Waals surface area contributed by atoms with Gasteiger partial charge in [-0.2, -0.15) is 5.26 Å². The molecule has 2 heterocycles. The van der Waals surface area contributed by atoms with Crippen LogP contribution in [0.15, 0.2) is 40.2 Å². The summed E-state index contributed by atoms with van der Waals surface area (Å²) in [7, 11) is 0. The Bertz CT molecular complexity index is 587. The standard InChI is InChI=1S/C11H9N5S2/c1-2-6-13-10-15-16-11(18-10)17-9-5-3-4-8(7-12)14-9/h2-5H,1,6H2,(H,13,15). The van der Waals surface area contributed by atoms with Crippen molar-refractivity contribution in [2.75, 3.05) is 11.9 Å². The quantitative estimate of drug-likeness (QED) is 0.845. The zero-order valence-electron chi connectivity index (χ0n) is 9.33. The molecule has 0 atom stereocenters. The van der Waals surface area contributed by atoms with Gasteiger partial charge < -0.3 is 5.32 Å². The lowest BCUT2D eigenvalue weighted by molar-refractivity contribution is 1.00. The van der Waals surface area contributed by atoms with Crippen molar-refractivity contribution in [3.63, 3.8) is 0 Å². The molecule has 0 amide bonds. The number of nitriles is 1. The van der Waals surface area contributed by atoms with Gasteiger partial charge in [0.15, 0.2) is 4.34 Å². The fourth-order valence-corrected chi connectivity index (χ4v) is 2.80. The molecule has 2 aromatic rings. The van der Waals surface area contributed by atoms with Crippen molar-refractivity contribution in [3.8, 4) is 6.07 Å². The molecular formula is C11H9N5S2. The van der Waals surface area contributed by atoms with Gasteiger partial charge in [0.1, 0.15) is 16.8 Å². The van der Waals surface area contributed by atoms with Crippen molar-refractivity contribution in [2.24, 2.45) is 0 Å². The second-order valence-corrected chi connectivity index (χ2v) is 5.36. The third-order valence-corrected chi connectivity index (χ3v) is 3.70. The summed E-state index contributed by atoms with van der Waals surface area (Å²) < 4.78 is 0.782. The van der Waals surface area contributed by atoms with E-state index in [1.54, 1.807) is 18.2 Å². The highest BCUT2D eigenvalue weighted by Crippen LogP contribution is 2.30. The van der Waals surface area contributed by atoms with Gasteiger partial charge in [-0.05, 0) is 23.9 Å². The smallest absolute Gasteiger partial charge is 0.206 e. The molecule has 0 fully saturated rings. The largest absolute Gasteiger partial charge is 0.357 e. The molecule has 0 aliphatic heterocycles. The first kappa shape index (κ1) is 12.5. The average Bonchev–Trinajstić information content (AvgIpc) is 2.84. The number of nitrogens with one attached hydrogen (secondary N) is 1. The number of aromatic nitrogens is 3. The van der Waals surface area contributed by atoms with Crippen LogP contribution in [0, 0.1) is 11.3 Å². The summed E-state index contributed by atoms with van der Waals surface area (Å²) in [6.07, 6.45) is 1.76. The van der Waals surface area contributed by atoms with E-state index in [0.29, 0.717) is 12.2 Å². The van der Waals surface area contributed by atoms with E-state index in [2.05, 4.69) is 27.1 Å². The van der Waals surface area contributed by atoms with E-state index >= 15 is 0 Å². The van der Waals surface area contributed by atoms with E-state index in [1.165, 1.54) is 23.1 Å². The Morgan fingerprint density at radius 1 is 1.50 bits per heavy atom. The van der Waals surface area contributed by atoms with Crippen LogP contribution in [0.3, 0.4) is 0 Å². The molecule has 0 spiro atoms. The molecule has 0 saturated carbocycles. The lowest BCUT2D eigenvalue weighted by atomic mass is 10.4. The highest BCUT2D eigenvalue weighted by atomic mass is 32.2. The minimum Gasteiger partial charge on any atom is -0.357 e. The molecule has 5 nitrogen and oxygen atoms in total. The van der Waals surface area contributed by atoms with Gasteiger partial charge in [-0.3, -0.25) is 0 Å². The van der Waals surface area contributed by atoms with Gasteiger partial charge in [0, 0.05) is 6.54 Å². The van der Waals surface area contributed by atoms with Crippen LogP contribution in [0.2, 0.25) is 0 Å². The highest BCUT2D eigenvalue weighted by Gasteiger charge is 2.06. The number of hydrogen-bond acceptors (Lipinski definition) is 7. The van der Waals surface area contributed by atoms with E-state index in [0.717, 1.165) is 14.5 Å². The summed E-state index contributed by atoms with van der Waals surface area (Å²) in [5, 5.41) is 21.3. The number of nitrogens with zero attached hydrogens (tertiary/aromatic N) is 4. The Labute approximate surface area is 113 Å². The van der Waals surface area contributed by atoms with Gasteiger partial charge in [-0.25, -0.2) is 4.98 Å². The molecule has 0 aliphatic carbocycles. The third kappa shape index (κ3) is 3.29. The zero-order valence-corrected chi connectivity index (χ0v) is 11.0. The Balaban J connectivity index is 2.06. The summed E-state index contributed by atoms with van der Waals surface area (Å²) in [6.45, 7) is 4.27. The van der Waals surface area contributed by atoms with Gasteiger partial charge in [-0.15, -0.1) is 16.8 Å². The van der Waals surface area contributed by atoms with Gasteiger partial charge in [0.25, 0.3) is 0 Å². The van der Waals surface area contributed by atoms with Gasteiger partial charge in [0.05, 0.1) is 0 Å². The normalized spacial score (nSPS) is 9.72. The molecule has 0 aliphatic rings. The van der Waals surface area contributed by atoms with Crippen molar-refractivity contribution in [2.45, 2.75) is 9.37 Å². The van der Waals surface area contributed by atoms with Crippen molar-refractivity contribution >= 4 is 28.2 Å². The van der Waals surface area contributed by atoms with Crippen molar-refractivity contribution in [1.82, 2.24) is 15.2 Å². The molecule has 18 heavy (non-hydrogen) atoms. The first-order valence-corrected chi connectivity index (χ1v) is 6.68. The molecular weight excluding hydrogens is 266 g/mol. The zero-order chi connectivity index (χ0) is 12.8.